The van der Waals surface area contributed by atoms with Crippen LogP contribution in [0.2, 0.25) is 0 Å². The van der Waals surface area contributed by atoms with E-state index in [1.54, 1.807) is 0 Å². The van der Waals surface area contributed by atoms with Crippen molar-refractivity contribution in [3.05, 3.63) is 0 Å². The predicted octanol–water partition coefficient (Wildman–Crippen LogP) is 6.62. The molecule has 0 aliphatic heterocycles. The molecule has 0 saturated heterocycles. The molecule has 32 heavy (non-hydrogen) atoms. The summed E-state index contributed by atoms with van der Waals surface area (Å²) in [6.45, 7) is 2.60. The van der Waals surface area contributed by atoms with E-state index in [1.165, 1.54) is 109 Å². The molecule has 0 bridgehead atoms. The molecule has 0 aliphatic carbocycles. The smallest absolute Gasteiger partial charge is 0.265 e. The Kier molecular flexibility index (Phi) is 21.2. The lowest BCUT2D eigenvalue weighted by molar-refractivity contribution is 0.483. The predicted molar refractivity (Wildman–Crippen MR) is 136 cm³/mol. The van der Waals surface area contributed by atoms with Crippen molar-refractivity contribution < 1.29 is 21.4 Å². The van der Waals surface area contributed by atoms with E-state index in [0.29, 0.717) is 6.54 Å². The second-order valence-electron chi connectivity index (χ2n) is 9.22. The molecular formula is C24H51NO5S2. The normalized spacial score (nSPS) is 12.4. The van der Waals surface area contributed by atoms with Gasteiger partial charge >= 0.3 is 0 Å². The van der Waals surface area contributed by atoms with E-state index in [4.69, 9.17) is 4.55 Å². The summed E-state index contributed by atoms with van der Waals surface area (Å²) in [5, 5.41) is 0. The maximum absolute atomic E-state index is 11.6. The molecule has 194 valence electrons. The third-order valence-electron chi connectivity index (χ3n) is 5.96. The van der Waals surface area contributed by atoms with Crippen LogP contribution in [0.25, 0.3) is 0 Å². The topological polar surface area (TPSA) is 101 Å². The van der Waals surface area contributed by atoms with Crippen molar-refractivity contribution in [2.75, 3.05) is 18.1 Å². The number of hydrogen-bond acceptors (Lipinski definition) is 4. The lowest BCUT2D eigenvalue weighted by Gasteiger charge is -2.06. The minimum absolute atomic E-state index is 0.326. The van der Waals surface area contributed by atoms with Crippen LogP contribution in [0.15, 0.2) is 0 Å². The van der Waals surface area contributed by atoms with Gasteiger partial charge in [-0.25, -0.2) is 13.1 Å². The van der Waals surface area contributed by atoms with Crippen molar-refractivity contribution >= 4 is 20.1 Å². The van der Waals surface area contributed by atoms with Crippen LogP contribution < -0.4 is 4.72 Å². The SMILES string of the molecule is CCCCCCCCCCCCCCCCCCCCCCNS(=O)(=O)CCS(=O)(=O)O. The van der Waals surface area contributed by atoms with E-state index in [0.717, 1.165) is 19.3 Å². The molecule has 0 heterocycles. The number of rotatable bonds is 25. The molecule has 0 unspecified atom stereocenters. The molecule has 0 aromatic rings. The molecule has 0 atom stereocenters. The zero-order valence-electron chi connectivity index (χ0n) is 20.7. The summed E-state index contributed by atoms with van der Waals surface area (Å²) < 4.78 is 55.4. The first kappa shape index (κ1) is 31.8. The maximum atomic E-state index is 11.6. The first-order chi connectivity index (χ1) is 15.3. The Hall–Kier alpha value is -0.180. The molecule has 0 spiro atoms. The molecule has 0 aromatic carbocycles. The number of unbranched alkanes of at least 4 members (excludes halogenated alkanes) is 19. The average Bonchev–Trinajstić information content (AvgIpc) is 2.73. The summed E-state index contributed by atoms with van der Waals surface area (Å²) >= 11 is 0. The van der Waals surface area contributed by atoms with Crippen LogP contribution in [0.4, 0.5) is 0 Å². The molecule has 0 aromatic heterocycles. The van der Waals surface area contributed by atoms with Gasteiger partial charge in [-0.1, -0.05) is 129 Å². The van der Waals surface area contributed by atoms with Gasteiger partial charge in [-0.15, -0.1) is 0 Å². The number of hydrogen-bond donors (Lipinski definition) is 2. The van der Waals surface area contributed by atoms with Crippen molar-refractivity contribution in [2.24, 2.45) is 0 Å². The second kappa shape index (κ2) is 21.4. The molecule has 0 amide bonds. The van der Waals surface area contributed by atoms with E-state index in [-0.39, 0.29) is 0 Å². The Morgan fingerprint density at radius 2 is 0.812 bits per heavy atom. The van der Waals surface area contributed by atoms with E-state index in [9.17, 15) is 16.8 Å². The Balaban J connectivity index is 3.24. The Bertz CT molecular complexity index is 606. The molecule has 8 heteroatoms. The van der Waals surface area contributed by atoms with Crippen molar-refractivity contribution in [1.82, 2.24) is 4.72 Å². The third-order valence-corrected chi connectivity index (χ3v) is 8.33. The van der Waals surface area contributed by atoms with Gasteiger partial charge < -0.3 is 0 Å². The van der Waals surface area contributed by atoms with Crippen molar-refractivity contribution in [1.29, 1.82) is 0 Å². The van der Waals surface area contributed by atoms with Crippen LogP contribution >= 0.6 is 0 Å². The molecule has 6 nitrogen and oxygen atoms in total. The molecule has 0 fully saturated rings. The van der Waals surface area contributed by atoms with Crippen molar-refractivity contribution in [2.45, 2.75) is 135 Å². The zero-order valence-corrected chi connectivity index (χ0v) is 22.3. The summed E-state index contributed by atoms with van der Waals surface area (Å²) in [5.41, 5.74) is 0. The first-order valence-electron chi connectivity index (χ1n) is 13.2. The van der Waals surface area contributed by atoms with E-state index >= 15 is 0 Å². The van der Waals surface area contributed by atoms with E-state index in [2.05, 4.69) is 11.6 Å². The van der Waals surface area contributed by atoms with Gasteiger partial charge in [0.05, 0.1) is 11.5 Å². The van der Waals surface area contributed by atoms with E-state index in [1.807, 2.05) is 0 Å². The van der Waals surface area contributed by atoms with Crippen LogP contribution in [0.5, 0.6) is 0 Å². The fourth-order valence-electron chi connectivity index (χ4n) is 3.90. The standard InChI is InChI=1S/C24H51NO5S2/c1-2-3-4-5-6-7-8-9-10-11-12-13-14-15-16-17-18-19-20-21-22-25-31(26,27)23-24-32(28,29)30/h25H,2-24H2,1H3,(H,28,29,30). The summed E-state index contributed by atoms with van der Waals surface area (Å²) in [7, 11) is -7.87. The Morgan fingerprint density at radius 3 is 1.12 bits per heavy atom. The number of nitrogens with one attached hydrogen (secondary N) is 1. The molecule has 0 saturated carbocycles. The summed E-state index contributed by atoms with van der Waals surface area (Å²) in [5.74, 6) is -1.35. The molecule has 2 N–H and O–H groups in total. The summed E-state index contributed by atoms with van der Waals surface area (Å²) in [6.07, 6.45) is 26.1. The van der Waals surface area contributed by atoms with Gasteiger partial charge in [-0.3, -0.25) is 4.55 Å². The summed E-state index contributed by atoms with van der Waals surface area (Å²) in [6, 6.07) is 0. The molecule has 0 rings (SSSR count). The Labute approximate surface area is 199 Å². The number of sulfonamides is 1. The lowest BCUT2D eigenvalue weighted by atomic mass is 10.0. The van der Waals surface area contributed by atoms with Crippen LogP contribution in [0.3, 0.4) is 0 Å². The lowest BCUT2D eigenvalue weighted by Crippen LogP contribution is -2.30. The summed E-state index contributed by atoms with van der Waals surface area (Å²) in [4.78, 5) is 0. The fourth-order valence-corrected chi connectivity index (χ4v) is 6.21. The van der Waals surface area contributed by atoms with Gasteiger partial charge in [0.25, 0.3) is 10.1 Å². The largest absolute Gasteiger partial charge is 0.286 e. The van der Waals surface area contributed by atoms with Gasteiger partial charge in [0.1, 0.15) is 0 Å². The highest BCUT2D eigenvalue weighted by Gasteiger charge is 2.14. The first-order valence-corrected chi connectivity index (χ1v) is 16.5. The minimum atomic E-state index is -4.24. The monoisotopic (exact) mass is 497 g/mol. The van der Waals surface area contributed by atoms with E-state index < -0.39 is 31.6 Å². The van der Waals surface area contributed by atoms with Gasteiger partial charge in [0, 0.05) is 6.54 Å². The van der Waals surface area contributed by atoms with Crippen LogP contribution in [-0.4, -0.2) is 39.4 Å². The quantitative estimate of drug-likeness (QED) is 0.109. The van der Waals surface area contributed by atoms with Crippen molar-refractivity contribution in [3.8, 4) is 0 Å². The van der Waals surface area contributed by atoms with Crippen molar-refractivity contribution in [3.63, 3.8) is 0 Å². The highest BCUT2D eigenvalue weighted by molar-refractivity contribution is 7.91. The Morgan fingerprint density at radius 1 is 0.500 bits per heavy atom. The zero-order chi connectivity index (χ0) is 24.0. The maximum Gasteiger partial charge on any atom is 0.265 e. The van der Waals surface area contributed by atoms with Gasteiger partial charge in [0.15, 0.2) is 0 Å². The highest BCUT2D eigenvalue weighted by Crippen LogP contribution is 2.14. The van der Waals surface area contributed by atoms with Gasteiger partial charge in [-0.05, 0) is 6.42 Å². The highest BCUT2D eigenvalue weighted by atomic mass is 32.2. The second-order valence-corrected chi connectivity index (χ2v) is 12.7. The van der Waals surface area contributed by atoms with Gasteiger partial charge in [0.2, 0.25) is 10.0 Å². The average molecular weight is 498 g/mol. The fraction of sp³-hybridized carbons (Fsp3) is 1.00. The van der Waals surface area contributed by atoms with Crippen LogP contribution in [0, 0.1) is 0 Å². The third kappa shape index (κ3) is 26.1. The van der Waals surface area contributed by atoms with Crippen LogP contribution in [-0.2, 0) is 20.1 Å². The van der Waals surface area contributed by atoms with Crippen LogP contribution in [0.1, 0.15) is 135 Å². The van der Waals surface area contributed by atoms with Gasteiger partial charge in [-0.2, -0.15) is 8.42 Å². The molecule has 0 aliphatic rings. The molecular weight excluding hydrogens is 446 g/mol. The minimum Gasteiger partial charge on any atom is -0.286 e. The molecule has 0 radical (unpaired) electrons.